The minimum atomic E-state index is -0.445. The predicted molar refractivity (Wildman–Crippen MR) is 71.6 cm³/mol. The first kappa shape index (κ1) is 13.3. The number of nitrogens with one attached hydrogen (secondary N) is 1. The molecule has 7 heteroatoms. The second-order valence-electron chi connectivity index (χ2n) is 4.66. The standard InChI is InChI=1S/C12H18N6O/c1-4-7(2)10(11(13)19)17-9-5-8(3)16-12-14-6-15-18(9)12/h5-7,10,17H,4H2,1-3H3,(H2,13,19)/t7-,10+/m0/s1. The normalized spacial score (nSPS) is 14.3. The second-order valence-corrected chi connectivity index (χ2v) is 4.66. The van der Waals surface area contributed by atoms with E-state index in [1.807, 2.05) is 26.8 Å². The number of rotatable bonds is 5. The Bertz CT molecular complexity index is 593. The highest BCUT2D eigenvalue weighted by atomic mass is 16.1. The molecule has 1 amide bonds. The average molecular weight is 262 g/mol. The zero-order valence-electron chi connectivity index (χ0n) is 11.3. The quantitative estimate of drug-likeness (QED) is 0.828. The van der Waals surface area contributed by atoms with Gasteiger partial charge in [-0.15, -0.1) is 0 Å². The van der Waals surface area contributed by atoms with Crippen molar-refractivity contribution in [1.29, 1.82) is 0 Å². The largest absolute Gasteiger partial charge is 0.368 e. The molecule has 19 heavy (non-hydrogen) atoms. The Balaban J connectivity index is 2.38. The molecule has 0 spiro atoms. The fourth-order valence-electron chi connectivity index (χ4n) is 1.92. The van der Waals surface area contributed by atoms with Gasteiger partial charge in [-0.05, 0) is 12.8 Å². The van der Waals surface area contributed by atoms with Crippen molar-refractivity contribution < 1.29 is 4.79 Å². The number of carbonyl (C=O) groups is 1. The molecule has 2 atom stereocenters. The van der Waals surface area contributed by atoms with Gasteiger partial charge in [0.25, 0.3) is 5.78 Å². The van der Waals surface area contributed by atoms with E-state index in [1.54, 1.807) is 4.52 Å². The Hall–Kier alpha value is -2.18. The van der Waals surface area contributed by atoms with E-state index in [9.17, 15) is 4.79 Å². The van der Waals surface area contributed by atoms with Gasteiger partial charge in [0.05, 0.1) is 0 Å². The maximum Gasteiger partial charge on any atom is 0.254 e. The van der Waals surface area contributed by atoms with Gasteiger partial charge in [0.1, 0.15) is 18.2 Å². The summed E-state index contributed by atoms with van der Waals surface area (Å²) >= 11 is 0. The van der Waals surface area contributed by atoms with Gasteiger partial charge in [0, 0.05) is 11.8 Å². The van der Waals surface area contributed by atoms with Crippen molar-refractivity contribution in [2.24, 2.45) is 11.7 Å². The maximum absolute atomic E-state index is 11.6. The van der Waals surface area contributed by atoms with Crippen molar-refractivity contribution in [2.45, 2.75) is 33.2 Å². The van der Waals surface area contributed by atoms with Crippen LogP contribution in [0.1, 0.15) is 26.0 Å². The Morgan fingerprint density at radius 2 is 2.32 bits per heavy atom. The van der Waals surface area contributed by atoms with Crippen LogP contribution in [0.4, 0.5) is 5.82 Å². The molecule has 0 saturated carbocycles. The molecule has 0 bridgehead atoms. The molecule has 0 aliphatic rings. The number of anilines is 1. The molecule has 0 unspecified atom stereocenters. The predicted octanol–water partition coefficient (Wildman–Crippen LogP) is 0.745. The topological polar surface area (TPSA) is 98.2 Å². The number of amides is 1. The number of fused-ring (bicyclic) bond motifs is 1. The molecule has 2 aromatic rings. The summed E-state index contributed by atoms with van der Waals surface area (Å²) in [7, 11) is 0. The highest BCUT2D eigenvalue weighted by molar-refractivity contribution is 5.83. The number of nitrogens with zero attached hydrogens (tertiary/aromatic N) is 4. The Labute approximate surface area is 111 Å². The summed E-state index contributed by atoms with van der Waals surface area (Å²) in [5.41, 5.74) is 6.26. The van der Waals surface area contributed by atoms with Crippen molar-refractivity contribution in [3.63, 3.8) is 0 Å². The van der Waals surface area contributed by atoms with Crippen molar-refractivity contribution >= 4 is 17.5 Å². The first-order chi connectivity index (χ1) is 9.02. The molecule has 0 aliphatic heterocycles. The molecular weight excluding hydrogens is 244 g/mol. The molecule has 0 aliphatic carbocycles. The van der Waals surface area contributed by atoms with Gasteiger partial charge in [-0.2, -0.15) is 14.6 Å². The number of hydrogen-bond donors (Lipinski definition) is 2. The van der Waals surface area contributed by atoms with Crippen LogP contribution in [0.3, 0.4) is 0 Å². The van der Waals surface area contributed by atoms with E-state index < -0.39 is 6.04 Å². The van der Waals surface area contributed by atoms with Crippen LogP contribution < -0.4 is 11.1 Å². The van der Waals surface area contributed by atoms with E-state index in [2.05, 4.69) is 20.4 Å². The third-order valence-electron chi connectivity index (χ3n) is 3.20. The van der Waals surface area contributed by atoms with Crippen molar-refractivity contribution in [2.75, 3.05) is 5.32 Å². The summed E-state index contributed by atoms with van der Waals surface area (Å²) < 4.78 is 1.56. The van der Waals surface area contributed by atoms with Crippen molar-refractivity contribution in [1.82, 2.24) is 19.6 Å². The first-order valence-electron chi connectivity index (χ1n) is 6.26. The average Bonchev–Trinajstić information content (AvgIpc) is 2.82. The molecule has 2 rings (SSSR count). The van der Waals surface area contributed by atoms with Gasteiger partial charge in [0.15, 0.2) is 0 Å². The monoisotopic (exact) mass is 262 g/mol. The molecule has 0 aromatic carbocycles. The smallest absolute Gasteiger partial charge is 0.254 e. The summed E-state index contributed by atoms with van der Waals surface area (Å²) in [6, 6.07) is 1.37. The van der Waals surface area contributed by atoms with E-state index in [1.165, 1.54) is 6.33 Å². The molecular formula is C12H18N6O. The molecule has 0 radical (unpaired) electrons. The number of primary amides is 1. The van der Waals surface area contributed by atoms with Crippen LogP contribution in [0, 0.1) is 12.8 Å². The van der Waals surface area contributed by atoms with E-state index in [4.69, 9.17) is 5.73 Å². The van der Waals surface area contributed by atoms with Crippen molar-refractivity contribution in [3.8, 4) is 0 Å². The molecule has 3 N–H and O–H groups in total. The zero-order chi connectivity index (χ0) is 14.0. The molecule has 2 heterocycles. The van der Waals surface area contributed by atoms with Gasteiger partial charge in [-0.3, -0.25) is 4.79 Å². The number of nitrogens with two attached hydrogens (primary N) is 1. The van der Waals surface area contributed by atoms with Crippen LogP contribution in [0.15, 0.2) is 12.4 Å². The summed E-state index contributed by atoms with van der Waals surface area (Å²) in [6.45, 7) is 5.86. The Morgan fingerprint density at radius 1 is 1.58 bits per heavy atom. The summed E-state index contributed by atoms with van der Waals surface area (Å²) in [5, 5.41) is 7.23. The van der Waals surface area contributed by atoms with E-state index >= 15 is 0 Å². The van der Waals surface area contributed by atoms with Gasteiger partial charge in [0.2, 0.25) is 5.91 Å². The van der Waals surface area contributed by atoms with Crippen LogP contribution in [-0.4, -0.2) is 31.5 Å². The highest BCUT2D eigenvalue weighted by Gasteiger charge is 2.22. The van der Waals surface area contributed by atoms with Crippen LogP contribution in [0.2, 0.25) is 0 Å². The molecule has 2 aromatic heterocycles. The maximum atomic E-state index is 11.6. The number of aryl methyl sites for hydroxylation is 1. The second kappa shape index (κ2) is 5.21. The zero-order valence-corrected chi connectivity index (χ0v) is 11.3. The fraction of sp³-hybridized carbons (Fsp3) is 0.500. The van der Waals surface area contributed by atoms with E-state index in [-0.39, 0.29) is 11.8 Å². The van der Waals surface area contributed by atoms with Gasteiger partial charge < -0.3 is 11.1 Å². The lowest BCUT2D eigenvalue weighted by Gasteiger charge is -2.22. The summed E-state index contributed by atoms with van der Waals surface area (Å²) in [4.78, 5) is 19.9. The summed E-state index contributed by atoms with van der Waals surface area (Å²) in [5.74, 6) is 0.917. The minimum Gasteiger partial charge on any atom is -0.368 e. The molecule has 0 fully saturated rings. The third kappa shape index (κ3) is 2.64. The van der Waals surface area contributed by atoms with Crippen LogP contribution >= 0.6 is 0 Å². The van der Waals surface area contributed by atoms with E-state index in [0.29, 0.717) is 11.6 Å². The lowest BCUT2D eigenvalue weighted by atomic mass is 9.99. The minimum absolute atomic E-state index is 0.129. The number of hydrogen-bond acceptors (Lipinski definition) is 5. The van der Waals surface area contributed by atoms with Crippen LogP contribution in [-0.2, 0) is 4.79 Å². The summed E-state index contributed by atoms with van der Waals surface area (Å²) in [6.07, 6.45) is 2.28. The van der Waals surface area contributed by atoms with Crippen LogP contribution in [0.5, 0.6) is 0 Å². The lowest BCUT2D eigenvalue weighted by Crippen LogP contribution is -2.41. The molecule has 102 valence electrons. The van der Waals surface area contributed by atoms with Gasteiger partial charge in [-0.25, -0.2) is 4.98 Å². The van der Waals surface area contributed by atoms with E-state index in [0.717, 1.165) is 12.1 Å². The fourth-order valence-corrected chi connectivity index (χ4v) is 1.92. The van der Waals surface area contributed by atoms with Gasteiger partial charge in [-0.1, -0.05) is 20.3 Å². The van der Waals surface area contributed by atoms with Crippen molar-refractivity contribution in [3.05, 3.63) is 18.1 Å². The SMILES string of the molecule is CC[C@H](C)[C@@H](Nc1cc(C)nc2ncnn12)C(N)=O. The van der Waals surface area contributed by atoms with Crippen LogP contribution in [0.25, 0.3) is 5.78 Å². The Morgan fingerprint density at radius 3 is 2.95 bits per heavy atom. The number of aromatic nitrogens is 4. The highest BCUT2D eigenvalue weighted by Crippen LogP contribution is 2.16. The molecule has 7 nitrogen and oxygen atoms in total. The third-order valence-corrected chi connectivity index (χ3v) is 3.20. The molecule has 0 saturated heterocycles. The van der Waals surface area contributed by atoms with Gasteiger partial charge >= 0.3 is 0 Å². The Kier molecular flexibility index (Phi) is 3.64. The first-order valence-corrected chi connectivity index (χ1v) is 6.26. The number of carbonyl (C=O) groups excluding carboxylic acids is 1. The lowest BCUT2D eigenvalue weighted by molar-refractivity contribution is -0.119.